The number of hydrogen-bond donors (Lipinski definition) is 0. The summed E-state index contributed by atoms with van der Waals surface area (Å²) in [6, 6.07) is 1.70. The Kier molecular flexibility index (Phi) is 5.96. The van der Waals surface area contributed by atoms with Crippen LogP contribution in [0.4, 0.5) is 0 Å². The molecule has 1 heterocycles. The van der Waals surface area contributed by atoms with Gasteiger partial charge in [0.05, 0.1) is 17.8 Å². The number of halogens is 1. The zero-order valence-electron chi connectivity index (χ0n) is 10.0. The highest BCUT2D eigenvalue weighted by Gasteiger charge is 2.07. The van der Waals surface area contributed by atoms with Crippen molar-refractivity contribution in [3.05, 3.63) is 24.0 Å². The Balaban J connectivity index is 2.58. The van der Waals surface area contributed by atoms with E-state index in [9.17, 15) is 8.42 Å². The Hall–Kier alpha value is -1.25. The summed E-state index contributed by atoms with van der Waals surface area (Å²) in [4.78, 5) is 3.95. The largest absolute Gasteiger partial charge is 0.491 e. The van der Waals surface area contributed by atoms with E-state index in [4.69, 9.17) is 16.3 Å². The SMILES string of the molecule is CCS(=O)(=O)CCOc1cncc(C#CCCl)c1. The predicted octanol–water partition coefficient (Wildman–Crippen LogP) is 1.49. The average Bonchev–Trinajstić information content (AvgIpc) is 2.37. The molecule has 1 rings (SSSR count). The van der Waals surface area contributed by atoms with Crippen LogP contribution in [-0.4, -0.2) is 37.4 Å². The minimum Gasteiger partial charge on any atom is -0.491 e. The Morgan fingerprint density at radius 1 is 1.44 bits per heavy atom. The van der Waals surface area contributed by atoms with Crippen LogP contribution in [0.5, 0.6) is 5.75 Å². The van der Waals surface area contributed by atoms with Gasteiger partial charge < -0.3 is 4.74 Å². The Labute approximate surface area is 112 Å². The fraction of sp³-hybridized carbons (Fsp3) is 0.417. The lowest BCUT2D eigenvalue weighted by molar-refractivity contribution is 0.339. The first-order valence-corrected chi connectivity index (χ1v) is 7.76. The highest BCUT2D eigenvalue weighted by atomic mass is 35.5. The van der Waals surface area contributed by atoms with Gasteiger partial charge in [0.25, 0.3) is 0 Å². The van der Waals surface area contributed by atoms with E-state index in [0.717, 1.165) is 0 Å². The van der Waals surface area contributed by atoms with Gasteiger partial charge in [0.1, 0.15) is 12.4 Å². The molecule has 0 fully saturated rings. The van der Waals surface area contributed by atoms with Gasteiger partial charge in [-0.05, 0) is 6.07 Å². The van der Waals surface area contributed by atoms with Crippen molar-refractivity contribution in [3.8, 4) is 17.6 Å². The van der Waals surface area contributed by atoms with Gasteiger partial charge in [-0.3, -0.25) is 4.98 Å². The fourth-order valence-electron chi connectivity index (χ4n) is 1.13. The normalized spacial score (nSPS) is 10.6. The van der Waals surface area contributed by atoms with Crippen LogP contribution >= 0.6 is 11.6 Å². The van der Waals surface area contributed by atoms with E-state index in [-0.39, 0.29) is 24.0 Å². The van der Waals surface area contributed by atoms with E-state index >= 15 is 0 Å². The molecule has 0 radical (unpaired) electrons. The first-order chi connectivity index (χ1) is 8.57. The van der Waals surface area contributed by atoms with Crippen LogP contribution in [0, 0.1) is 11.8 Å². The summed E-state index contributed by atoms with van der Waals surface area (Å²) in [6.45, 7) is 1.73. The molecule has 0 atom stereocenters. The number of pyridine rings is 1. The van der Waals surface area contributed by atoms with Crippen LogP contribution in [0.25, 0.3) is 0 Å². The van der Waals surface area contributed by atoms with E-state index in [2.05, 4.69) is 16.8 Å². The summed E-state index contributed by atoms with van der Waals surface area (Å²) in [5, 5.41) is 0. The highest BCUT2D eigenvalue weighted by molar-refractivity contribution is 7.91. The fourth-order valence-corrected chi connectivity index (χ4v) is 1.83. The van der Waals surface area contributed by atoms with Crippen LogP contribution in [0.2, 0.25) is 0 Å². The maximum Gasteiger partial charge on any atom is 0.153 e. The molecule has 0 aliphatic carbocycles. The van der Waals surface area contributed by atoms with E-state index in [1.165, 1.54) is 6.20 Å². The van der Waals surface area contributed by atoms with Gasteiger partial charge in [-0.15, -0.1) is 11.6 Å². The molecule has 0 aliphatic rings. The topological polar surface area (TPSA) is 56.3 Å². The standard InChI is InChI=1S/C12H14ClNO3S/c1-2-18(15,16)7-6-17-12-8-11(4-3-5-13)9-14-10-12/h8-10H,2,5-7H2,1H3. The maximum absolute atomic E-state index is 11.3. The maximum atomic E-state index is 11.3. The second-order valence-electron chi connectivity index (χ2n) is 3.43. The predicted molar refractivity (Wildman–Crippen MR) is 71.7 cm³/mol. The van der Waals surface area contributed by atoms with Crippen LogP contribution in [0.3, 0.4) is 0 Å². The number of hydrogen-bond acceptors (Lipinski definition) is 4. The molecule has 18 heavy (non-hydrogen) atoms. The molecule has 1 aromatic heterocycles. The lowest BCUT2D eigenvalue weighted by Crippen LogP contribution is -2.15. The van der Waals surface area contributed by atoms with E-state index in [0.29, 0.717) is 11.3 Å². The lowest BCUT2D eigenvalue weighted by Gasteiger charge is -2.05. The molecule has 0 spiro atoms. The Bertz CT molecular complexity index is 546. The smallest absolute Gasteiger partial charge is 0.153 e. The summed E-state index contributed by atoms with van der Waals surface area (Å²) in [5.41, 5.74) is 0.687. The van der Waals surface area contributed by atoms with Crippen LogP contribution in [-0.2, 0) is 9.84 Å². The molecule has 6 heteroatoms. The zero-order chi connectivity index (χ0) is 13.4. The van der Waals surface area contributed by atoms with Crippen molar-refractivity contribution in [1.29, 1.82) is 0 Å². The van der Waals surface area contributed by atoms with Crippen molar-refractivity contribution in [1.82, 2.24) is 4.98 Å². The second kappa shape index (κ2) is 7.24. The van der Waals surface area contributed by atoms with Gasteiger partial charge in [0.15, 0.2) is 9.84 Å². The number of ether oxygens (including phenoxy) is 1. The molecule has 4 nitrogen and oxygen atoms in total. The molecule has 0 aliphatic heterocycles. The molecule has 98 valence electrons. The minimum atomic E-state index is -3.00. The molecule has 0 N–H and O–H groups in total. The number of alkyl halides is 1. The first kappa shape index (κ1) is 14.8. The molecule has 1 aromatic rings. The molecule has 0 saturated carbocycles. The van der Waals surface area contributed by atoms with Gasteiger partial charge >= 0.3 is 0 Å². The molecular formula is C12H14ClNO3S. The zero-order valence-corrected chi connectivity index (χ0v) is 11.6. The summed E-state index contributed by atoms with van der Waals surface area (Å²) < 4.78 is 27.9. The van der Waals surface area contributed by atoms with Crippen molar-refractivity contribution in [2.75, 3.05) is 24.0 Å². The average molecular weight is 288 g/mol. The number of sulfone groups is 1. The number of aromatic nitrogens is 1. The van der Waals surface area contributed by atoms with Crippen LogP contribution in [0.1, 0.15) is 12.5 Å². The lowest BCUT2D eigenvalue weighted by atomic mass is 10.3. The molecule has 0 aromatic carbocycles. The molecule has 0 unspecified atom stereocenters. The van der Waals surface area contributed by atoms with Crippen LogP contribution < -0.4 is 4.74 Å². The summed E-state index contributed by atoms with van der Waals surface area (Å²) in [5.74, 6) is 6.39. The van der Waals surface area contributed by atoms with Gasteiger partial charge in [0.2, 0.25) is 0 Å². The summed E-state index contributed by atoms with van der Waals surface area (Å²) >= 11 is 5.45. The van der Waals surface area contributed by atoms with Crippen molar-refractivity contribution < 1.29 is 13.2 Å². The van der Waals surface area contributed by atoms with Gasteiger partial charge in [0, 0.05) is 17.5 Å². The molecular weight excluding hydrogens is 274 g/mol. The molecule has 0 amide bonds. The Morgan fingerprint density at radius 3 is 2.89 bits per heavy atom. The third-order valence-corrected chi connectivity index (χ3v) is 3.92. The number of rotatable bonds is 5. The van der Waals surface area contributed by atoms with E-state index in [1.54, 1.807) is 19.2 Å². The molecule has 0 saturated heterocycles. The van der Waals surface area contributed by atoms with Crippen molar-refractivity contribution in [2.45, 2.75) is 6.92 Å². The third-order valence-electron chi connectivity index (χ3n) is 2.12. The van der Waals surface area contributed by atoms with Gasteiger partial charge in [-0.25, -0.2) is 8.42 Å². The first-order valence-electron chi connectivity index (χ1n) is 5.40. The summed E-state index contributed by atoms with van der Waals surface area (Å²) in [6.07, 6.45) is 3.11. The minimum absolute atomic E-state index is 0.00108. The highest BCUT2D eigenvalue weighted by Crippen LogP contribution is 2.10. The van der Waals surface area contributed by atoms with Crippen molar-refractivity contribution in [2.24, 2.45) is 0 Å². The molecule has 0 bridgehead atoms. The monoisotopic (exact) mass is 287 g/mol. The number of nitrogens with zero attached hydrogens (tertiary/aromatic N) is 1. The van der Waals surface area contributed by atoms with Gasteiger partial charge in [-0.1, -0.05) is 18.8 Å². The Morgan fingerprint density at radius 2 is 2.22 bits per heavy atom. The quantitative estimate of drug-likeness (QED) is 0.608. The van der Waals surface area contributed by atoms with Gasteiger partial charge in [-0.2, -0.15) is 0 Å². The third kappa shape index (κ3) is 5.39. The van der Waals surface area contributed by atoms with Crippen LogP contribution in [0.15, 0.2) is 18.5 Å². The van der Waals surface area contributed by atoms with Crippen molar-refractivity contribution in [3.63, 3.8) is 0 Å². The second-order valence-corrected chi connectivity index (χ2v) is 6.17. The van der Waals surface area contributed by atoms with E-state index < -0.39 is 9.84 Å². The van der Waals surface area contributed by atoms with Crippen molar-refractivity contribution >= 4 is 21.4 Å². The summed E-state index contributed by atoms with van der Waals surface area (Å²) in [7, 11) is -3.00. The van der Waals surface area contributed by atoms with E-state index in [1.807, 2.05) is 0 Å².